The number of carbonyl (C=O) groups is 2. The zero-order valence-corrected chi connectivity index (χ0v) is 19.5. The normalized spacial score (nSPS) is 24.4. The second kappa shape index (κ2) is 10.1. The maximum atomic E-state index is 13.2. The number of hydrogen-bond acceptors (Lipinski definition) is 5. The Morgan fingerprint density at radius 2 is 1.82 bits per heavy atom. The minimum atomic E-state index is -2.92. The molecule has 0 unspecified atom stereocenters. The summed E-state index contributed by atoms with van der Waals surface area (Å²) in [7, 11) is 0. The summed E-state index contributed by atoms with van der Waals surface area (Å²) in [6.07, 6.45) is 5.97. The maximum Gasteiger partial charge on any atom is 0.407 e. The molecule has 2 aliphatic heterocycles. The number of nitrogens with two attached hydrogens (primary N) is 1. The third kappa shape index (κ3) is 7.00. The molecular formula is C23H37F2N5O3. The monoisotopic (exact) mass is 469 g/mol. The Kier molecular flexibility index (Phi) is 7.84. The largest absolute Gasteiger partial charge is 0.465 e. The molecule has 1 spiro atoms. The van der Waals surface area contributed by atoms with Crippen molar-refractivity contribution in [2.75, 3.05) is 26.2 Å². The minimum Gasteiger partial charge on any atom is -0.465 e. The standard InChI is InChI=1S/C12H20N2O2.C11H17F2N3O/c15-11(16)13-6-3-12(4-7-13)5-8-14(9-12)10-1-2-10;1-2-3-11(12,13)6-8(15)9(17)16-10(7-14)4-5-10/h10H,1-9H2,(H,15,16);8H,2-6,15H2,1H3,(H,16,17)/t;8-/m.0/s1. The first-order valence-corrected chi connectivity index (χ1v) is 12.1. The van der Waals surface area contributed by atoms with E-state index in [1.54, 1.807) is 11.8 Å². The quantitative estimate of drug-likeness (QED) is 0.527. The highest BCUT2D eigenvalue weighted by atomic mass is 19.3. The fourth-order valence-corrected chi connectivity index (χ4v) is 4.90. The Morgan fingerprint density at radius 3 is 2.30 bits per heavy atom. The van der Waals surface area contributed by atoms with Gasteiger partial charge in [0.05, 0.1) is 12.1 Å². The predicted octanol–water partition coefficient (Wildman–Crippen LogP) is 2.93. The SMILES string of the molecule is CCCC(F)(F)C[C@H](N)C(=O)NC1(C#N)CC1.O=C(O)N1CCC2(CC1)CCN(C1CC1)C2. The van der Waals surface area contributed by atoms with E-state index in [0.717, 1.165) is 32.0 Å². The van der Waals surface area contributed by atoms with Crippen LogP contribution in [0.5, 0.6) is 0 Å². The smallest absolute Gasteiger partial charge is 0.407 e. The average molecular weight is 470 g/mol. The first-order chi connectivity index (χ1) is 15.5. The van der Waals surface area contributed by atoms with E-state index in [1.165, 1.54) is 32.4 Å². The van der Waals surface area contributed by atoms with Crippen molar-refractivity contribution in [1.29, 1.82) is 5.26 Å². The molecule has 8 nitrogen and oxygen atoms in total. The Bertz CT molecular complexity index is 756. The summed E-state index contributed by atoms with van der Waals surface area (Å²) in [5.74, 6) is -3.59. The summed E-state index contributed by atoms with van der Waals surface area (Å²) < 4.78 is 26.5. The van der Waals surface area contributed by atoms with Crippen molar-refractivity contribution in [3.8, 4) is 6.07 Å². The first kappa shape index (κ1) is 25.6. The van der Waals surface area contributed by atoms with Crippen molar-refractivity contribution in [1.82, 2.24) is 15.1 Å². The van der Waals surface area contributed by atoms with Crippen LogP contribution in [0.4, 0.5) is 13.6 Å². The molecule has 33 heavy (non-hydrogen) atoms. The molecule has 4 aliphatic rings. The van der Waals surface area contributed by atoms with Crippen LogP contribution in [0.15, 0.2) is 0 Å². The summed E-state index contributed by atoms with van der Waals surface area (Å²) >= 11 is 0. The molecular weight excluding hydrogens is 432 g/mol. The summed E-state index contributed by atoms with van der Waals surface area (Å²) in [6, 6.07) is 1.56. The van der Waals surface area contributed by atoms with Gasteiger partial charge in [0.2, 0.25) is 11.8 Å². The molecule has 2 aliphatic carbocycles. The number of nitrogens with zero attached hydrogens (tertiary/aromatic N) is 3. The molecule has 0 aromatic rings. The van der Waals surface area contributed by atoms with Gasteiger partial charge in [0, 0.05) is 38.5 Å². The van der Waals surface area contributed by atoms with Crippen molar-refractivity contribution >= 4 is 12.0 Å². The Labute approximate surface area is 194 Å². The molecule has 10 heteroatoms. The van der Waals surface area contributed by atoms with Gasteiger partial charge < -0.3 is 21.1 Å². The molecule has 4 rings (SSSR count). The van der Waals surface area contributed by atoms with Gasteiger partial charge in [-0.25, -0.2) is 13.6 Å². The molecule has 2 amide bonds. The van der Waals surface area contributed by atoms with Crippen LogP contribution in [0.25, 0.3) is 0 Å². The maximum absolute atomic E-state index is 13.2. The number of carbonyl (C=O) groups excluding carboxylic acids is 1. The first-order valence-electron chi connectivity index (χ1n) is 12.1. The van der Waals surface area contributed by atoms with E-state index in [9.17, 15) is 18.4 Å². The van der Waals surface area contributed by atoms with Crippen LogP contribution in [0.3, 0.4) is 0 Å². The molecule has 0 aromatic heterocycles. The summed E-state index contributed by atoms with van der Waals surface area (Å²) in [4.78, 5) is 26.6. The van der Waals surface area contributed by atoms with Crippen molar-refractivity contribution in [3.63, 3.8) is 0 Å². The lowest BCUT2D eigenvalue weighted by Gasteiger charge is -2.38. The number of likely N-dealkylation sites (tertiary alicyclic amines) is 2. The van der Waals surface area contributed by atoms with E-state index in [0.29, 0.717) is 24.7 Å². The van der Waals surface area contributed by atoms with E-state index < -0.39 is 35.9 Å². The highest BCUT2D eigenvalue weighted by Gasteiger charge is 2.46. The van der Waals surface area contributed by atoms with Crippen LogP contribution in [-0.4, -0.2) is 76.6 Å². The second-order valence-corrected chi connectivity index (χ2v) is 10.3. The van der Waals surface area contributed by atoms with Gasteiger partial charge in [0.25, 0.3) is 0 Å². The number of nitriles is 1. The van der Waals surface area contributed by atoms with E-state index in [2.05, 4.69) is 10.2 Å². The highest BCUT2D eigenvalue weighted by molar-refractivity contribution is 5.83. The van der Waals surface area contributed by atoms with Gasteiger partial charge in [-0.1, -0.05) is 13.3 Å². The number of carboxylic acid groups (broad SMARTS) is 1. The van der Waals surface area contributed by atoms with Gasteiger partial charge in [-0.3, -0.25) is 9.69 Å². The highest BCUT2D eigenvalue weighted by Crippen LogP contribution is 2.44. The number of piperidine rings is 1. The molecule has 1 atom stereocenters. The summed E-state index contributed by atoms with van der Waals surface area (Å²) in [5, 5.41) is 20.1. The van der Waals surface area contributed by atoms with Crippen molar-refractivity contribution in [2.45, 2.75) is 94.7 Å². The number of halogens is 2. The predicted molar refractivity (Wildman–Crippen MR) is 119 cm³/mol. The molecule has 4 fully saturated rings. The Morgan fingerprint density at radius 1 is 1.21 bits per heavy atom. The molecule has 2 saturated heterocycles. The Balaban J connectivity index is 0.000000186. The number of hydrogen-bond donors (Lipinski definition) is 3. The molecule has 2 saturated carbocycles. The molecule has 0 aromatic carbocycles. The molecule has 4 N–H and O–H groups in total. The lowest BCUT2D eigenvalue weighted by atomic mass is 9.78. The van der Waals surface area contributed by atoms with Gasteiger partial charge in [-0.2, -0.15) is 5.26 Å². The Hall–Kier alpha value is -1.99. The van der Waals surface area contributed by atoms with Crippen molar-refractivity contribution in [3.05, 3.63) is 0 Å². The van der Waals surface area contributed by atoms with E-state index in [1.807, 2.05) is 6.07 Å². The van der Waals surface area contributed by atoms with Crippen molar-refractivity contribution in [2.24, 2.45) is 11.1 Å². The lowest BCUT2D eigenvalue weighted by molar-refractivity contribution is -0.125. The molecule has 2 heterocycles. The molecule has 0 radical (unpaired) electrons. The number of rotatable bonds is 7. The van der Waals surface area contributed by atoms with Crippen LogP contribution in [-0.2, 0) is 4.79 Å². The zero-order valence-electron chi connectivity index (χ0n) is 19.5. The third-order valence-electron chi connectivity index (χ3n) is 7.42. The fourth-order valence-electron chi connectivity index (χ4n) is 4.90. The van der Waals surface area contributed by atoms with Crippen LogP contribution in [0, 0.1) is 16.7 Å². The molecule has 0 bridgehead atoms. The van der Waals surface area contributed by atoms with Gasteiger partial charge in [0.1, 0.15) is 5.54 Å². The van der Waals surface area contributed by atoms with E-state index >= 15 is 0 Å². The number of nitrogens with one attached hydrogen (secondary N) is 1. The number of alkyl halides is 2. The average Bonchev–Trinajstić information content (AvgIpc) is 3.68. The van der Waals surface area contributed by atoms with E-state index in [-0.39, 0.29) is 6.42 Å². The van der Waals surface area contributed by atoms with E-state index in [4.69, 9.17) is 16.1 Å². The van der Waals surface area contributed by atoms with Crippen LogP contribution in [0.1, 0.15) is 71.1 Å². The fraction of sp³-hybridized carbons (Fsp3) is 0.870. The lowest BCUT2D eigenvalue weighted by Crippen LogP contribution is -2.48. The number of amides is 2. The van der Waals surface area contributed by atoms with Gasteiger partial charge in [0.15, 0.2) is 0 Å². The summed E-state index contributed by atoms with van der Waals surface area (Å²) in [6.45, 7) is 5.61. The van der Waals surface area contributed by atoms with Crippen LogP contribution >= 0.6 is 0 Å². The van der Waals surface area contributed by atoms with Gasteiger partial charge in [-0.15, -0.1) is 0 Å². The molecule has 186 valence electrons. The zero-order chi connectivity index (χ0) is 24.3. The van der Waals surface area contributed by atoms with Gasteiger partial charge >= 0.3 is 6.09 Å². The summed E-state index contributed by atoms with van der Waals surface area (Å²) in [5.41, 5.74) is 5.02. The third-order valence-corrected chi connectivity index (χ3v) is 7.42. The van der Waals surface area contributed by atoms with Gasteiger partial charge in [-0.05, 0) is 56.9 Å². The van der Waals surface area contributed by atoms with Crippen LogP contribution in [0.2, 0.25) is 0 Å². The minimum absolute atomic E-state index is 0.280. The van der Waals surface area contributed by atoms with Crippen LogP contribution < -0.4 is 11.1 Å². The van der Waals surface area contributed by atoms with Crippen molar-refractivity contribution < 1.29 is 23.5 Å². The second-order valence-electron chi connectivity index (χ2n) is 10.3. The topological polar surface area (TPSA) is 123 Å².